The number of amides is 1. The Morgan fingerprint density at radius 2 is 2.00 bits per heavy atom. The highest BCUT2D eigenvalue weighted by Gasteiger charge is 2.34. The molecule has 2 heterocycles. The Morgan fingerprint density at radius 3 is 2.58 bits per heavy atom. The van der Waals surface area contributed by atoms with Crippen LogP contribution in [0.2, 0.25) is 0 Å². The molecule has 1 aliphatic heterocycles. The van der Waals surface area contributed by atoms with E-state index in [1.165, 1.54) is 30.3 Å². The first-order valence-corrected chi connectivity index (χ1v) is 8.29. The van der Waals surface area contributed by atoms with Crippen molar-refractivity contribution in [3.8, 4) is 0 Å². The summed E-state index contributed by atoms with van der Waals surface area (Å²) in [7, 11) is 0. The summed E-state index contributed by atoms with van der Waals surface area (Å²) in [5.41, 5.74) is 0.277. The zero-order valence-corrected chi connectivity index (χ0v) is 14.1. The van der Waals surface area contributed by atoms with Crippen LogP contribution in [0, 0.1) is 11.6 Å². The fourth-order valence-corrected chi connectivity index (χ4v) is 4.01. The largest absolute Gasteiger partial charge is 0.329 e. The molecular weight excluding hydrogens is 336 g/mol. The third-order valence-electron chi connectivity index (χ3n) is 3.88. The van der Waals surface area contributed by atoms with Crippen LogP contribution in [0.5, 0.6) is 0 Å². The van der Waals surface area contributed by atoms with Gasteiger partial charge in [0, 0.05) is 31.2 Å². The maximum absolute atomic E-state index is 13.8. The van der Waals surface area contributed by atoms with Gasteiger partial charge in [-0.15, -0.1) is 0 Å². The van der Waals surface area contributed by atoms with Crippen molar-refractivity contribution in [1.82, 2.24) is 24.6 Å². The van der Waals surface area contributed by atoms with Crippen molar-refractivity contribution in [2.75, 3.05) is 13.1 Å². The third-order valence-corrected chi connectivity index (χ3v) is 4.96. The number of carbonyl (C=O) groups is 1. The predicted molar refractivity (Wildman–Crippen MR) is 85.3 cm³/mol. The molecule has 1 aromatic heterocycles. The summed E-state index contributed by atoms with van der Waals surface area (Å²) in [4.78, 5) is 14.6. The molecule has 1 fully saturated rings. The summed E-state index contributed by atoms with van der Waals surface area (Å²) in [5, 5.41) is 9.94. The molecule has 9 heteroatoms. The highest BCUT2D eigenvalue weighted by Crippen LogP contribution is 2.30. The van der Waals surface area contributed by atoms with E-state index in [1.807, 2.05) is 18.2 Å². The van der Waals surface area contributed by atoms with Crippen molar-refractivity contribution >= 4 is 17.9 Å². The van der Waals surface area contributed by atoms with Crippen LogP contribution in [-0.4, -0.2) is 55.7 Å². The molecule has 0 radical (unpaired) electrons. The number of hydrogen-bond acceptors (Lipinski definition) is 5. The van der Waals surface area contributed by atoms with Gasteiger partial charge in [-0.1, -0.05) is 0 Å². The first kappa shape index (κ1) is 16.8. The fourth-order valence-electron chi connectivity index (χ4n) is 2.87. The Morgan fingerprint density at radius 1 is 1.29 bits per heavy atom. The summed E-state index contributed by atoms with van der Waals surface area (Å²) in [6, 6.07) is 3.39. The van der Waals surface area contributed by atoms with E-state index >= 15 is 0 Å². The van der Waals surface area contributed by atoms with Gasteiger partial charge in [0.15, 0.2) is 5.69 Å². The molecular formula is C15H17F2N5OS. The maximum Gasteiger partial charge on any atom is 0.276 e. The van der Waals surface area contributed by atoms with Crippen molar-refractivity contribution < 1.29 is 13.6 Å². The number of aromatic nitrogens is 3. The molecule has 1 amide bonds. The van der Waals surface area contributed by atoms with E-state index in [4.69, 9.17) is 0 Å². The number of carbonyl (C=O) groups excluding carboxylic acids is 1. The first-order chi connectivity index (χ1) is 11.5. The van der Waals surface area contributed by atoms with E-state index in [0.717, 1.165) is 6.07 Å². The van der Waals surface area contributed by atoms with Gasteiger partial charge in [-0.3, -0.25) is 4.79 Å². The van der Waals surface area contributed by atoms with Crippen molar-refractivity contribution in [3.63, 3.8) is 0 Å². The van der Waals surface area contributed by atoms with Gasteiger partial charge < -0.3 is 4.90 Å². The molecule has 2 aromatic rings. The minimum absolute atomic E-state index is 0.0750. The van der Waals surface area contributed by atoms with Gasteiger partial charge in [-0.25, -0.2) is 13.1 Å². The number of H-pyrrole nitrogens is 1. The standard InChI is InChI=1S/C15H17F2N5OS/c1-9-7-21(24-14-4-3-11(16)5-12(14)17)8-10(2)22(9)15(23)13-6-18-20-19-13/h3-6,9-10H,7-8H2,1-2H3,(H,18,19,20). The predicted octanol–water partition coefficient (Wildman–Crippen LogP) is 2.33. The van der Waals surface area contributed by atoms with Crippen LogP contribution < -0.4 is 0 Å². The summed E-state index contributed by atoms with van der Waals surface area (Å²) in [6.45, 7) is 5.00. The molecule has 0 bridgehead atoms. The number of hydrogen-bond donors (Lipinski definition) is 1. The van der Waals surface area contributed by atoms with Gasteiger partial charge in [0.2, 0.25) is 0 Å². The van der Waals surface area contributed by atoms with Crippen LogP contribution in [0.4, 0.5) is 8.78 Å². The zero-order valence-electron chi connectivity index (χ0n) is 13.2. The van der Waals surface area contributed by atoms with E-state index in [2.05, 4.69) is 15.4 Å². The molecule has 1 saturated heterocycles. The zero-order chi connectivity index (χ0) is 17.3. The van der Waals surface area contributed by atoms with Gasteiger partial charge in [0.1, 0.15) is 11.6 Å². The minimum Gasteiger partial charge on any atom is -0.329 e. The molecule has 3 rings (SSSR count). The van der Waals surface area contributed by atoms with Crippen LogP contribution in [-0.2, 0) is 0 Å². The highest BCUT2D eigenvalue weighted by atomic mass is 32.2. The second-order valence-corrected chi connectivity index (χ2v) is 6.92. The van der Waals surface area contributed by atoms with E-state index < -0.39 is 11.6 Å². The molecule has 128 valence electrons. The molecule has 1 N–H and O–H groups in total. The molecule has 1 aromatic carbocycles. The number of halogens is 2. The molecule has 24 heavy (non-hydrogen) atoms. The number of benzene rings is 1. The first-order valence-electron chi connectivity index (χ1n) is 7.52. The summed E-state index contributed by atoms with van der Waals surface area (Å²) in [5.74, 6) is -1.36. The number of nitrogens with zero attached hydrogens (tertiary/aromatic N) is 4. The second-order valence-electron chi connectivity index (χ2n) is 5.78. The van der Waals surface area contributed by atoms with Crippen LogP contribution in [0.15, 0.2) is 29.3 Å². The summed E-state index contributed by atoms with van der Waals surface area (Å²) in [6.07, 6.45) is 1.40. The molecule has 0 aliphatic carbocycles. The van der Waals surface area contributed by atoms with Crippen LogP contribution in [0.3, 0.4) is 0 Å². The minimum atomic E-state index is -0.596. The van der Waals surface area contributed by atoms with Gasteiger partial charge in [0.25, 0.3) is 5.91 Å². The topological polar surface area (TPSA) is 65.1 Å². The Bertz CT molecular complexity index is 715. The summed E-state index contributed by atoms with van der Waals surface area (Å²) >= 11 is 1.24. The van der Waals surface area contributed by atoms with Gasteiger partial charge in [-0.2, -0.15) is 15.4 Å². The lowest BCUT2D eigenvalue weighted by atomic mass is 10.1. The summed E-state index contributed by atoms with van der Waals surface area (Å²) < 4.78 is 28.8. The smallest absolute Gasteiger partial charge is 0.276 e. The highest BCUT2D eigenvalue weighted by molar-refractivity contribution is 7.97. The van der Waals surface area contributed by atoms with Crippen molar-refractivity contribution in [1.29, 1.82) is 0 Å². The Labute approximate surface area is 142 Å². The number of nitrogens with one attached hydrogen (secondary N) is 1. The molecule has 0 spiro atoms. The molecule has 2 unspecified atom stereocenters. The lowest BCUT2D eigenvalue weighted by molar-refractivity contribution is 0.0449. The van der Waals surface area contributed by atoms with Gasteiger partial charge in [-0.05, 0) is 37.9 Å². The van der Waals surface area contributed by atoms with Gasteiger partial charge in [0.05, 0.1) is 11.1 Å². The van der Waals surface area contributed by atoms with Gasteiger partial charge >= 0.3 is 0 Å². The molecule has 0 saturated carbocycles. The van der Waals surface area contributed by atoms with Crippen molar-refractivity contribution in [2.45, 2.75) is 30.8 Å². The van der Waals surface area contributed by atoms with E-state index in [9.17, 15) is 13.6 Å². The fraction of sp³-hybridized carbons (Fsp3) is 0.400. The number of piperazine rings is 1. The average molecular weight is 353 g/mol. The third kappa shape index (κ3) is 3.41. The van der Waals surface area contributed by atoms with Crippen molar-refractivity contribution in [3.05, 3.63) is 41.7 Å². The van der Waals surface area contributed by atoms with Crippen LogP contribution >= 0.6 is 11.9 Å². The monoisotopic (exact) mass is 353 g/mol. The lowest BCUT2D eigenvalue weighted by Crippen LogP contribution is -2.57. The molecule has 2 atom stereocenters. The molecule has 1 aliphatic rings. The maximum atomic E-state index is 13.8. The van der Waals surface area contributed by atoms with E-state index in [0.29, 0.717) is 18.0 Å². The number of aromatic amines is 1. The van der Waals surface area contributed by atoms with E-state index in [-0.39, 0.29) is 23.7 Å². The quantitative estimate of drug-likeness (QED) is 0.858. The average Bonchev–Trinajstić information content (AvgIpc) is 3.03. The Balaban J connectivity index is 1.70. The lowest BCUT2D eigenvalue weighted by Gasteiger charge is -2.43. The van der Waals surface area contributed by atoms with E-state index in [1.54, 1.807) is 4.90 Å². The Kier molecular flexibility index (Phi) is 4.81. The number of rotatable bonds is 3. The second kappa shape index (κ2) is 6.86. The SMILES string of the molecule is CC1CN(Sc2ccc(F)cc2F)CC(C)N1C(=O)c1cn[nH]n1. The molecule has 6 nitrogen and oxygen atoms in total. The van der Waals surface area contributed by atoms with Crippen LogP contribution in [0.25, 0.3) is 0 Å². The normalized spacial score (nSPS) is 21.9. The Hall–Kier alpha value is -2.00. The van der Waals surface area contributed by atoms with Crippen LogP contribution in [0.1, 0.15) is 24.3 Å². The van der Waals surface area contributed by atoms with Crippen molar-refractivity contribution in [2.24, 2.45) is 0 Å².